The predicted octanol–water partition coefficient (Wildman–Crippen LogP) is 2.43. The first kappa shape index (κ1) is 11.0. The Morgan fingerprint density at radius 2 is 2.44 bits per heavy atom. The van der Waals surface area contributed by atoms with E-state index in [1.165, 1.54) is 0 Å². The quantitative estimate of drug-likeness (QED) is 0.604. The fourth-order valence-electron chi connectivity index (χ4n) is 1.49. The molecular weight excluding hydrogens is 224 g/mol. The largest absolute Gasteiger partial charge is 0.468 e. The zero-order chi connectivity index (χ0) is 11.5. The first-order valence-electron chi connectivity index (χ1n) is 4.86. The van der Waals surface area contributed by atoms with Crippen molar-refractivity contribution in [3.63, 3.8) is 0 Å². The number of hydrogen-bond donors (Lipinski definition) is 0. The van der Waals surface area contributed by atoms with Crippen molar-refractivity contribution >= 4 is 18.0 Å². The molecule has 0 bridgehead atoms. The molecule has 0 aromatic carbocycles. The molecule has 16 heavy (non-hydrogen) atoms. The minimum atomic E-state index is 0.666. The smallest absolute Gasteiger partial charge is 0.154 e. The molecule has 5 heteroatoms. The van der Waals surface area contributed by atoms with Gasteiger partial charge in [0, 0.05) is 7.05 Å². The van der Waals surface area contributed by atoms with Gasteiger partial charge >= 0.3 is 0 Å². The summed E-state index contributed by atoms with van der Waals surface area (Å²) in [4.78, 5) is 10.9. The molecule has 2 heterocycles. The highest BCUT2D eigenvalue weighted by molar-refractivity contribution is 7.98. The number of hydrogen-bond acceptors (Lipinski definition) is 4. The maximum Gasteiger partial charge on any atom is 0.154 e. The number of furan rings is 1. The topological polar surface area (TPSA) is 48.0 Å². The number of nitrogens with zero attached hydrogens (tertiary/aromatic N) is 2. The van der Waals surface area contributed by atoms with Gasteiger partial charge in [-0.05, 0) is 19.1 Å². The third-order valence-corrected chi connectivity index (χ3v) is 3.45. The molecule has 4 nitrogen and oxygen atoms in total. The first-order valence-corrected chi connectivity index (χ1v) is 5.85. The maximum atomic E-state index is 10.9. The lowest BCUT2D eigenvalue weighted by Gasteiger charge is -2.00. The minimum absolute atomic E-state index is 0.666. The molecule has 0 atom stereocenters. The van der Waals surface area contributed by atoms with E-state index in [9.17, 15) is 4.79 Å². The molecule has 0 radical (unpaired) electrons. The molecule has 0 amide bonds. The molecule has 2 aromatic heterocycles. The molecule has 0 fully saturated rings. The molecule has 0 aliphatic rings. The molecule has 84 valence electrons. The van der Waals surface area contributed by atoms with Gasteiger partial charge in [-0.1, -0.05) is 11.8 Å². The molecule has 0 aliphatic heterocycles. The summed E-state index contributed by atoms with van der Waals surface area (Å²) < 4.78 is 6.97. The summed E-state index contributed by atoms with van der Waals surface area (Å²) in [5.41, 5.74) is 1.43. The third-order valence-electron chi connectivity index (χ3n) is 2.26. The number of aryl methyl sites for hydroxylation is 2. The van der Waals surface area contributed by atoms with Crippen LogP contribution in [-0.4, -0.2) is 16.1 Å². The van der Waals surface area contributed by atoms with Crippen molar-refractivity contribution in [3.05, 3.63) is 35.4 Å². The van der Waals surface area contributed by atoms with Crippen LogP contribution < -0.4 is 0 Å². The van der Waals surface area contributed by atoms with Crippen LogP contribution in [0.25, 0.3) is 0 Å². The highest BCUT2D eigenvalue weighted by Crippen LogP contribution is 2.26. The summed E-state index contributed by atoms with van der Waals surface area (Å²) in [5, 5.41) is 5.09. The van der Waals surface area contributed by atoms with Crippen LogP contribution in [0, 0.1) is 6.92 Å². The molecule has 0 aliphatic carbocycles. The second-order valence-electron chi connectivity index (χ2n) is 3.41. The van der Waals surface area contributed by atoms with Crippen molar-refractivity contribution < 1.29 is 9.21 Å². The average molecular weight is 236 g/mol. The molecular formula is C11H12N2O2S. The standard InChI is InChI=1S/C11H12N2O2S/c1-8-10(6-14)11(13(2)12-8)16-7-9-4-3-5-15-9/h3-6H,7H2,1-2H3. The van der Waals surface area contributed by atoms with Crippen molar-refractivity contribution in [3.8, 4) is 0 Å². The molecule has 2 rings (SSSR count). The third kappa shape index (κ3) is 2.04. The summed E-state index contributed by atoms with van der Waals surface area (Å²) in [6.07, 6.45) is 2.50. The Labute approximate surface area is 97.6 Å². The molecule has 0 saturated carbocycles. The van der Waals surface area contributed by atoms with Gasteiger partial charge < -0.3 is 4.42 Å². The Morgan fingerprint density at radius 3 is 3.06 bits per heavy atom. The molecule has 2 aromatic rings. The number of rotatable bonds is 4. The maximum absolute atomic E-state index is 10.9. The number of aromatic nitrogens is 2. The Morgan fingerprint density at radius 1 is 1.62 bits per heavy atom. The lowest BCUT2D eigenvalue weighted by Crippen LogP contribution is -1.93. The monoisotopic (exact) mass is 236 g/mol. The van der Waals surface area contributed by atoms with Crippen LogP contribution in [0.1, 0.15) is 21.8 Å². The van der Waals surface area contributed by atoms with Gasteiger partial charge in [-0.15, -0.1) is 0 Å². The van der Waals surface area contributed by atoms with Crippen molar-refractivity contribution in [2.24, 2.45) is 7.05 Å². The van der Waals surface area contributed by atoms with E-state index in [-0.39, 0.29) is 0 Å². The van der Waals surface area contributed by atoms with E-state index >= 15 is 0 Å². The Kier molecular flexibility index (Phi) is 3.14. The van der Waals surface area contributed by atoms with Crippen LogP contribution in [0.15, 0.2) is 27.8 Å². The van der Waals surface area contributed by atoms with Crippen molar-refractivity contribution in [2.75, 3.05) is 0 Å². The van der Waals surface area contributed by atoms with Gasteiger partial charge in [0.2, 0.25) is 0 Å². The van der Waals surface area contributed by atoms with Crippen LogP contribution in [0.4, 0.5) is 0 Å². The second kappa shape index (κ2) is 4.57. The van der Waals surface area contributed by atoms with Gasteiger partial charge in [0.15, 0.2) is 6.29 Å². The number of aldehydes is 1. The lowest BCUT2D eigenvalue weighted by molar-refractivity contribution is 0.112. The summed E-state index contributed by atoms with van der Waals surface area (Å²) in [6.45, 7) is 1.83. The summed E-state index contributed by atoms with van der Waals surface area (Å²) in [6, 6.07) is 3.77. The van der Waals surface area contributed by atoms with Gasteiger partial charge in [-0.2, -0.15) is 5.10 Å². The van der Waals surface area contributed by atoms with Crippen LogP contribution in [-0.2, 0) is 12.8 Å². The molecule has 0 spiro atoms. The van der Waals surface area contributed by atoms with Gasteiger partial charge in [0.1, 0.15) is 10.8 Å². The minimum Gasteiger partial charge on any atom is -0.468 e. The van der Waals surface area contributed by atoms with Crippen LogP contribution in [0.3, 0.4) is 0 Å². The highest BCUT2D eigenvalue weighted by atomic mass is 32.2. The number of thioether (sulfide) groups is 1. The van der Waals surface area contributed by atoms with Gasteiger partial charge in [0.25, 0.3) is 0 Å². The van der Waals surface area contributed by atoms with E-state index in [0.29, 0.717) is 11.3 Å². The van der Waals surface area contributed by atoms with Crippen molar-refractivity contribution in [2.45, 2.75) is 17.7 Å². The van der Waals surface area contributed by atoms with E-state index in [1.807, 2.05) is 26.1 Å². The van der Waals surface area contributed by atoms with Crippen LogP contribution in [0.2, 0.25) is 0 Å². The Bertz CT molecular complexity index is 488. The Hall–Kier alpha value is -1.49. The fourth-order valence-corrected chi connectivity index (χ4v) is 2.52. The van der Waals surface area contributed by atoms with Gasteiger partial charge in [0.05, 0.1) is 23.3 Å². The zero-order valence-corrected chi connectivity index (χ0v) is 9.95. The van der Waals surface area contributed by atoms with Crippen molar-refractivity contribution in [1.29, 1.82) is 0 Å². The number of carbonyl (C=O) groups is 1. The number of carbonyl (C=O) groups excluding carboxylic acids is 1. The zero-order valence-electron chi connectivity index (χ0n) is 9.14. The van der Waals surface area contributed by atoms with E-state index < -0.39 is 0 Å². The van der Waals surface area contributed by atoms with Gasteiger partial charge in [-0.3, -0.25) is 9.48 Å². The van der Waals surface area contributed by atoms with Crippen molar-refractivity contribution in [1.82, 2.24) is 9.78 Å². The molecule has 0 saturated heterocycles. The lowest BCUT2D eigenvalue weighted by atomic mass is 10.3. The fraction of sp³-hybridized carbons (Fsp3) is 0.273. The normalized spacial score (nSPS) is 10.6. The predicted molar refractivity (Wildman–Crippen MR) is 61.6 cm³/mol. The highest BCUT2D eigenvalue weighted by Gasteiger charge is 2.13. The van der Waals surface area contributed by atoms with E-state index in [4.69, 9.17) is 4.42 Å². The first-order chi connectivity index (χ1) is 7.72. The summed E-state index contributed by atoms with van der Waals surface area (Å²) >= 11 is 1.55. The summed E-state index contributed by atoms with van der Waals surface area (Å²) in [5.74, 6) is 1.59. The van der Waals surface area contributed by atoms with E-state index in [1.54, 1.807) is 22.7 Å². The Balaban J connectivity index is 2.17. The second-order valence-corrected chi connectivity index (χ2v) is 4.38. The average Bonchev–Trinajstić information content (AvgIpc) is 2.83. The van der Waals surface area contributed by atoms with Gasteiger partial charge in [-0.25, -0.2) is 0 Å². The molecule has 0 unspecified atom stereocenters. The van der Waals surface area contributed by atoms with Crippen LogP contribution >= 0.6 is 11.8 Å². The van der Waals surface area contributed by atoms with Crippen LogP contribution in [0.5, 0.6) is 0 Å². The molecule has 0 N–H and O–H groups in total. The van der Waals surface area contributed by atoms with E-state index in [2.05, 4.69) is 5.10 Å². The van der Waals surface area contributed by atoms with E-state index in [0.717, 1.165) is 22.8 Å². The SMILES string of the molecule is Cc1nn(C)c(SCc2ccco2)c1C=O. The summed E-state index contributed by atoms with van der Waals surface area (Å²) in [7, 11) is 1.84.